The molecular formula is C17H21N3O. The highest BCUT2D eigenvalue weighted by atomic mass is 16.2. The minimum absolute atomic E-state index is 0.103. The molecule has 110 valence electrons. The molecular weight excluding hydrogens is 262 g/mol. The summed E-state index contributed by atoms with van der Waals surface area (Å²) in [5, 5.41) is 1.00. The molecule has 4 heteroatoms. The molecule has 1 fully saturated rings. The fraction of sp³-hybridized carbons (Fsp3) is 0.412. The predicted octanol–water partition coefficient (Wildman–Crippen LogP) is 2.29. The lowest BCUT2D eigenvalue weighted by Gasteiger charge is -2.36. The molecule has 21 heavy (non-hydrogen) atoms. The summed E-state index contributed by atoms with van der Waals surface area (Å²) in [6.07, 6.45) is 2.80. The van der Waals surface area contributed by atoms with Crippen molar-refractivity contribution >= 4 is 16.8 Å². The highest BCUT2D eigenvalue weighted by Crippen LogP contribution is 2.24. The van der Waals surface area contributed by atoms with E-state index in [1.165, 1.54) is 0 Å². The standard InChI is InChI=1S/C17H21N3O/c1-12-6-8-20(11-15(12)10-18)17(21)14-4-5-16-13(9-14)3-2-7-19-16/h2-5,7,9,12,15H,6,8,10-11,18H2,1H3. The molecule has 2 N–H and O–H groups in total. The number of aromatic nitrogens is 1. The van der Waals surface area contributed by atoms with Crippen LogP contribution < -0.4 is 5.73 Å². The monoisotopic (exact) mass is 283 g/mol. The third-order valence-electron chi connectivity index (χ3n) is 4.55. The van der Waals surface area contributed by atoms with Gasteiger partial charge in [-0.1, -0.05) is 13.0 Å². The third-order valence-corrected chi connectivity index (χ3v) is 4.55. The van der Waals surface area contributed by atoms with Crippen LogP contribution in [0, 0.1) is 11.8 Å². The molecule has 0 spiro atoms. The maximum atomic E-state index is 12.7. The molecule has 1 amide bonds. The summed E-state index contributed by atoms with van der Waals surface area (Å²) < 4.78 is 0. The van der Waals surface area contributed by atoms with E-state index in [1.807, 2.05) is 35.2 Å². The number of carbonyl (C=O) groups is 1. The number of carbonyl (C=O) groups excluding carboxylic acids is 1. The van der Waals surface area contributed by atoms with Gasteiger partial charge in [0.15, 0.2) is 0 Å². The lowest BCUT2D eigenvalue weighted by Crippen LogP contribution is -2.45. The van der Waals surface area contributed by atoms with Gasteiger partial charge >= 0.3 is 0 Å². The molecule has 2 atom stereocenters. The molecule has 1 aromatic heterocycles. The second-order valence-electron chi connectivity index (χ2n) is 5.92. The highest BCUT2D eigenvalue weighted by molar-refractivity contribution is 5.98. The average Bonchev–Trinajstić information content (AvgIpc) is 2.54. The Hall–Kier alpha value is -1.94. The quantitative estimate of drug-likeness (QED) is 0.920. The van der Waals surface area contributed by atoms with Gasteiger partial charge in [-0.2, -0.15) is 0 Å². The summed E-state index contributed by atoms with van der Waals surface area (Å²) in [7, 11) is 0. The van der Waals surface area contributed by atoms with Crippen molar-refractivity contribution in [1.82, 2.24) is 9.88 Å². The van der Waals surface area contributed by atoms with Crippen molar-refractivity contribution in [1.29, 1.82) is 0 Å². The number of nitrogens with zero attached hydrogens (tertiary/aromatic N) is 2. The summed E-state index contributed by atoms with van der Waals surface area (Å²) >= 11 is 0. The Kier molecular flexibility index (Phi) is 3.88. The molecule has 0 saturated carbocycles. The maximum absolute atomic E-state index is 12.7. The molecule has 1 aromatic carbocycles. The summed E-state index contributed by atoms with van der Waals surface area (Å²) in [5.41, 5.74) is 7.48. The maximum Gasteiger partial charge on any atom is 0.253 e. The van der Waals surface area contributed by atoms with Gasteiger partial charge in [0, 0.05) is 30.2 Å². The van der Waals surface area contributed by atoms with Crippen LogP contribution >= 0.6 is 0 Å². The van der Waals surface area contributed by atoms with E-state index in [4.69, 9.17) is 5.73 Å². The van der Waals surface area contributed by atoms with Crippen molar-refractivity contribution in [2.45, 2.75) is 13.3 Å². The van der Waals surface area contributed by atoms with Gasteiger partial charge in [0.2, 0.25) is 0 Å². The normalized spacial score (nSPS) is 22.5. The minimum Gasteiger partial charge on any atom is -0.338 e. The first-order valence-electron chi connectivity index (χ1n) is 7.53. The van der Waals surface area contributed by atoms with Crippen LogP contribution in [-0.4, -0.2) is 35.4 Å². The molecule has 2 unspecified atom stereocenters. The molecule has 3 rings (SSSR count). The molecule has 1 saturated heterocycles. The van der Waals surface area contributed by atoms with Crippen LogP contribution in [0.1, 0.15) is 23.7 Å². The Morgan fingerprint density at radius 2 is 2.29 bits per heavy atom. The van der Waals surface area contributed by atoms with Gasteiger partial charge in [-0.3, -0.25) is 9.78 Å². The molecule has 0 radical (unpaired) electrons. The number of piperidine rings is 1. The molecule has 1 aliphatic rings. The first kappa shape index (κ1) is 14.0. The average molecular weight is 283 g/mol. The second-order valence-corrected chi connectivity index (χ2v) is 5.92. The Morgan fingerprint density at radius 1 is 1.43 bits per heavy atom. The Morgan fingerprint density at radius 3 is 3.10 bits per heavy atom. The summed E-state index contributed by atoms with van der Waals surface area (Å²) in [5.74, 6) is 1.11. The predicted molar refractivity (Wildman–Crippen MR) is 84.0 cm³/mol. The largest absolute Gasteiger partial charge is 0.338 e. The van der Waals surface area contributed by atoms with Crippen molar-refractivity contribution < 1.29 is 4.79 Å². The van der Waals surface area contributed by atoms with Crippen molar-refractivity contribution in [2.24, 2.45) is 17.6 Å². The molecule has 1 aliphatic heterocycles. The van der Waals surface area contributed by atoms with E-state index in [0.717, 1.165) is 36.0 Å². The first-order chi connectivity index (χ1) is 10.2. The number of pyridine rings is 1. The van der Waals surface area contributed by atoms with E-state index in [-0.39, 0.29) is 5.91 Å². The Balaban J connectivity index is 1.83. The van der Waals surface area contributed by atoms with E-state index in [9.17, 15) is 4.79 Å². The van der Waals surface area contributed by atoms with Gasteiger partial charge in [0.05, 0.1) is 5.52 Å². The van der Waals surface area contributed by atoms with Crippen LogP contribution in [0.2, 0.25) is 0 Å². The van der Waals surface area contributed by atoms with Crippen LogP contribution in [0.25, 0.3) is 10.9 Å². The van der Waals surface area contributed by atoms with Crippen LogP contribution in [0.15, 0.2) is 36.5 Å². The van der Waals surface area contributed by atoms with E-state index in [2.05, 4.69) is 11.9 Å². The number of hydrogen-bond donors (Lipinski definition) is 1. The van der Waals surface area contributed by atoms with E-state index in [0.29, 0.717) is 18.4 Å². The Labute approximate surface area is 125 Å². The van der Waals surface area contributed by atoms with Gasteiger partial charge in [0.1, 0.15) is 0 Å². The Bertz CT molecular complexity index is 655. The van der Waals surface area contributed by atoms with Crippen molar-refractivity contribution in [2.75, 3.05) is 19.6 Å². The van der Waals surface area contributed by atoms with Gasteiger partial charge < -0.3 is 10.6 Å². The van der Waals surface area contributed by atoms with Gasteiger partial charge in [-0.25, -0.2) is 0 Å². The van der Waals surface area contributed by atoms with Gasteiger partial charge in [-0.15, -0.1) is 0 Å². The van der Waals surface area contributed by atoms with Crippen LogP contribution in [-0.2, 0) is 0 Å². The first-order valence-corrected chi connectivity index (χ1v) is 7.53. The van der Waals surface area contributed by atoms with Crippen LogP contribution in [0.3, 0.4) is 0 Å². The van der Waals surface area contributed by atoms with E-state index >= 15 is 0 Å². The molecule has 0 aliphatic carbocycles. The zero-order valence-electron chi connectivity index (χ0n) is 12.3. The van der Waals surface area contributed by atoms with Crippen molar-refractivity contribution in [3.63, 3.8) is 0 Å². The van der Waals surface area contributed by atoms with Crippen LogP contribution in [0.4, 0.5) is 0 Å². The zero-order valence-corrected chi connectivity index (χ0v) is 12.3. The third kappa shape index (κ3) is 2.76. The van der Waals surface area contributed by atoms with Gasteiger partial charge in [0.25, 0.3) is 5.91 Å². The lowest BCUT2D eigenvalue weighted by molar-refractivity contribution is 0.0618. The topological polar surface area (TPSA) is 59.2 Å². The highest BCUT2D eigenvalue weighted by Gasteiger charge is 2.28. The number of fused-ring (bicyclic) bond motifs is 1. The fourth-order valence-corrected chi connectivity index (χ4v) is 3.03. The fourth-order valence-electron chi connectivity index (χ4n) is 3.03. The van der Waals surface area contributed by atoms with E-state index < -0.39 is 0 Å². The lowest BCUT2D eigenvalue weighted by atomic mass is 9.87. The SMILES string of the molecule is CC1CCN(C(=O)c2ccc3ncccc3c2)CC1CN. The number of nitrogens with two attached hydrogens (primary N) is 1. The van der Waals surface area contributed by atoms with E-state index in [1.54, 1.807) is 6.20 Å². The summed E-state index contributed by atoms with van der Waals surface area (Å²) in [6.45, 7) is 4.46. The molecule has 4 nitrogen and oxygen atoms in total. The number of benzene rings is 1. The van der Waals surface area contributed by atoms with Gasteiger partial charge in [-0.05, 0) is 49.1 Å². The summed E-state index contributed by atoms with van der Waals surface area (Å²) in [6, 6.07) is 9.59. The van der Waals surface area contributed by atoms with Crippen molar-refractivity contribution in [3.8, 4) is 0 Å². The molecule has 2 aromatic rings. The van der Waals surface area contributed by atoms with Crippen LogP contribution in [0.5, 0.6) is 0 Å². The molecule has 2 heterocycles. The second kappa shape index (κ2) is 5.82. The minimum atomic E-state index is 0.103. The number of hydrogen-bond acceptors (Lipinski definition) is 3. The number of likely N-dealkylation sites (tertiary alicyclic amines) is 1. The zero-order chi connectivity index (χ0) is 14.8. The van der Waals surface area contributed by atoms with Crippen molar-refractivity contribution in [3.05, 3.63) is 42.1 Å². The smallest absolute Gasteiger partial charge is 0.253 e. The summed E-state index contributed by atoms with van der Waals surface area (Å²) in [4.78, 5) is 18.9. The number of amides is 1. The molecule has 0 bridgehead atoms. The number of rotatable bonds is 2.